The van der Waals surface area contributed by atoms with Gasteiger partial charge >= 0.3 is 0 Å². The molecule has 2 aliphatic carbocycles. The highest BCUT2D eigenvalue weighted by Gasteiger charge is 2.42. The molecule has 4 heteroatoms. The van der Waals surface area contributed by atoms with Crippen LogP contribution < -0.4 is 10.6 Å². The molecule has 4 atom stereocenters. The number of morpholine rings is 1. The van der Waals surface area contributed by atoms with E-state index in [2.05, 4.69) is 10.6 Å². The Morgan fingerprint density at radius 1 is 1.35 bits per heavy atom. The van der Waals surface area contributed by atoms with Gasteiger partial charge in [-0.3, -0.25) is 4.79 Å². The normalized spacial score (nSPS) is 40.5. The Hall–Kier alpha value is -0.610. The molecule has 17 heavy (non-hydrogen) atoms. The molecule has 1 aliphatic heterocycles. The van der Waals surface area contributed by atoms with E-state index in [1.54, 1.807) is 0 Å². The van der Waals surface area contributed by atoms with Crippen molar-refractivity contribution in [1.82, 2.24) is 10.6 Å². The zero-order valence-corrected chi connectivity index (χ0v) is 10.3. The van der Waals surface area contributed by atoms with Crippen molar-refractivity contribution < 1.29 is 9.53 Å². The highest BCUT2D eigenvalue weighted by molar-refractivity contribution is 5.79. The van der Waals surface area contributed by atoms with Crippen molar-refractivity contribution >= 4 is 5.91 Å². The molecule has 2 N–H and O–H groups in total. The molecule has 1 heterocycles. The maximum atomic E-state index is 12.1. The van der Waals surface area contributed by atoms with E-state index >= 15 is 0 Å². The lowest BCUT2D eigenvalue weighted by molar-refractivity contribution is -0.126. The average Bonchev–Trinajstić information content (AvgIpc) is 2.99. The van der Waals surface area contributed by atoms with Crippen molar-refractivity contribution in [1.29, 1.82) is 0 Å². The van der Waals surface area contributed by atoms with Crippen LogP contribution in [0, 0.1) is 17.8 Å². The minimum Gasteiger partial charge on any atom is -0.378 e. The summed E-state index contributed by atoms with van der Waals surface area (Å²) in [6, 6.07) is 0.297. The lowest BCUT2D eigenvalue weighted by Crippen LogP contribution is -2.49. The van der Waals surface area contributed by atoms with E-state index in [-0.39, 0.29) is 5.91 Å². The fourth-order valence-corrected chi connectivity index (χ4v) is 3.67. The highest BCUT2D eigenvalue weighted by atomic mass is 16.5. The van der Waals surface area contributed by atoms with Crippen LogP contribution in [0.1, 0.15) is 25.7 Å². The van der Waals surface area contributed by atoms with Crippen LogP contribution in [-0.2, 0) is 9.53 Å². The number of amides is 1. The van der Waals surface area contributed by atoms with E-state index in [0.29, 0.717) is 24.4 Å². The number of hydrogen-bond donors (Lipinski definition) is 2. The van der Waals surface area contributed by atoms with Crippen LogP contribution in [0.15, 0.2) is 0 Å². The Kier molecular flexibility index (Phi) is 3.34. The summed E-state index contributed by atoms with van der Waals surface area (Å²) in [5.74, 6) is 2.10. The van der Waals surface area contributed by atoms with Crippen molar-refractivity contribution in [2.45, 2.75) is 31.7 Å². The number of nitrogens with one attached hydrogen (secondary N) is 2. The quantitative estimate of drug-likeness (QED) is 0.754. The predicted octanol–water partition coefficient (Wildman–Crippen LogP) is 0.527. The van der Waals surface area contributed by atoms with E-state index in [4.69, 9.17) is 4.74 Å². The summed E-state index contributed by atoms with van der Waals surface area (Å²) in [4.78, 5) is 12.1. The third kappa shape index (κ3) is 2.47. The smallest absolute Gasteiger partial charge is 0.223 e. The molecule has 0 aromatic carbocycles. The van der Waals surface area contributed by atoms with Crippen LogP contribution >= 0.6 is 0 Å². The molecule has 2 saturated carbocycles. The maximum absolute atomic E-state index is 12.1. The molecule has 3 rings (SSSR count). The Morgan fingerprint density at radius 2 is 2.29 bits per heavy atom. The summed E-state index contributed by atoms with van der Waals surface area (Å²) in [6.45, 7) is 3.12. The summed E-state index contributed by atoms with van der Waals surface area (Å²) >= 11 is 0. The SMILES string of the molecule is O=C(NCC1COCCN1)C1CC2CCC1C2. The standard InChI is InChI=1S/C13H22N2O2/c16-13(12-6-9-1-2-10(12)5-9)15-7-11-8-17-4-3-14-11/h9-12,14H,1-8H2,(H,15,16). The molecular formula is C13H22N2O2. The second kappa shape index (κ2) is 4.94. The van der Waals surface area contributed by atoms with Crippen LogP contribution in [0.25, 0.3) is 0 Å². The van der Waals surface area contributed by atoms with Crippen LogP contribution in [0.2, 0.25) is 0 Å². The maximum Gasteiger partial charge on any atom is 0.223 e. The largest absolute Gasteiger partial charge is 0.378 e. The monoisotopic (exact) mass is 238 g/mol. The second-order valence-corrected chi connectivity index (χ2v) is 5.75. The molecule has 4 nitrogen and oxygen atoms in total. The van der Waals surface area contributed by atoms with Gasteiger partial charge in [0.1, 0.15) is 0 Å². The van der Waals surface area contributed by atoms with Gasteiger partial charge in [-0.15, -0.1) is 0 Å². The molecule has 3 fully saturated rings. The van der Waals surface area contributed by atoms with Crippen molar-refractivity contribution in [3.63, 3.8) is 0 Å². The van der Waals surface area contributed by atoms with Crippen molar-refractivity contribution in [3.05, 3.63) is 0 Å². The van der Waals surface area contributed by atoms with Gasteiger partial charge in [0.2, 0.25) is 5.91 Å². The van der Waals surface area contributed by atoms with E-state index in [0.717, 1.165) is 32.1 Å². The molecule has 96 valence electrons. The van der Waals surface area contributed by atoms with E-state index in [1.165, 1.54) is 19.3 Å². The molecule has 0 radical (unpaired) electrons. The first-order valence-corrected chi connectivity index (χ1v) is 6.92. The molecule has 3 aliphatic rings. The molecule has 1 saturated heterocycles. The van der Waals surface area contributed by atoms with Gasteiger partial charge in [-0.1, -0.05) is 6.42 Å². The average molecular weight is 238 g/mol. The number of carbonyl (C=O) groups is 1. The Morgan fingerprint density at radius 3 is 2.94 bits per heavy atom. The van der Waals surface area contributed by atoms with Gasteiger partial charge in [-0.2, -0.15) is 0 Å². The van der Waals surface area contributed by atoms with Gasteiger partial charge in [0.25, 0.3) is 0 Å². The number of hydrogen-bond acceptors (Lipinski definition) is 3. The third-order valence-electron chi connectivity index (χ3n) is 4.60. The second-order valence-electron chi connectivity index (χ2n) is 5.75. The summed E-state index contributed by atoms with van der Waals surface area (Å²) < 4.78 is 5.38. The third-order valence-corrected chi connectivity index (χ3v) is 4.60. The lowest BCUT2D eigenvalue weighted by Gasteiger charge is -2.26. The molecule has 0 spiro atoms. The Labute approximate surface area is 102 Å². The van der Waals surface area contributed by atoms with Gasteiger partial charge in [-0.25, -0.2) is 0 Å². The molecule has 0 aromatic heterocycles. The summed E-state index contributed by atoms with van der Waals surface area (Å²) in [6.07, 6.45) is 5.05. The Balaban J connectivity index is 1.44. The first-order chi connectivity index (χ1) is 8.33. The molecular weight excluding hydrogens is 216 g/mol. The first kappa shape index (κ1) is 11.5. The van der Waals surface area contributed by atoms with Crippen LogP contribution in [0.3, 0.4) is 0 Å². The number of ether oxygens (including phenoxy) is 1. The summed E-state index contributed by atoms with van der Waals surface area (Å²) in [7, 11) is 0. The van der Waals surface area contributed by atoms with E-state index < -0.39 is 0 Å². The van der Waals surface area contributed by atoms with Crippen molar-refractivity contribution in [2.75, 3.05) is 26.3 Å². The summed E-state index contributed by atoms with van der Waals surface area (Å²) in [5.41, 5.74) is 0. The fraction of sp³-hybridized carbons (Fsp3) is 0.923. The van der Waals surface area contributed by atoms with Gasteiger partial charge < -0.3 is 15.4 Å². The predicted molar refractivity (Wildman–Crippen MR) is 64.6 cm³/mol. The zero-order chi connectivity index (χ0) is 11.7. The number of rotatable bonds is 3. The van der Waals surface area contributed by atoms with Crippen molar-refractivity contribution in [2.24, 2.45) is 17.8 Å². The van der Waals surface area contributed by atoms with Gasteiger partial charge in [0, 0.05) is 25.0 Å². The van der Waals surface area contributed by atoms with Gasteiger partial charge in [-0.05, 0) is 31.1 Å². The summed E-state index contributed by atoms with van der Waals surface area (Å²) in [5, 5.41) is 6.46. The minimum atomic E-state index is 0.282. The van der Waals surface area contributed by atoms with Gasteiger partial charge in [0.15, 0.2) is 0 Å². The van der Waals surface area contributed by atoms with E-state index in [9.17, 15) is 4.79 Å². The fourth-order valence-electron chi connectivity index (χ4n) is 3.67. The molecule has 4 unspecified atom stereocenters. The van der Waals surface area contributed by atoms with Crippen LogP contribution in [0.4, 0.5) is 0 Å². The first-order valence-electron chi connectivity index (χ1n) is 6.92. The number of carbonyl (C=O) groups excluding carboxylic acids is 1. The number of fused-ring (bicyclic) bond motifs is 2. The zero-order valence-electron chi connectivity index (χ0n) is 10.3. The lowest BCUT2D eigenvalue weighted by atomic mass is 9.88. The Bertz CT molecular complexity index is 289. The van der Waals surface area contributed by atoms with Crippen LogP contribution in [0.5, 0.6) is 0 Å². The molecule has 0 aromatic rings. The topological polar surface area (TPSA) is 50.4 Å². The van der Waals surface area contributed by atoms with Crippen molar-refractivity contribution in [3.8, 4) is 0 Å². The minimum absolute atomic E-state index is 0.282. The van der Waals surface area contributed by atoms with E-state index in [1.807, 2.05) is 0 Å². The molecule has 2 bridgehead atoms. The highest BCUT2D eigenvalue weighted by Crippen LogP contribution is 2.48. The van der Waals surface area contributed by atoms with Crippen LogP contribution in [-0.4, -0.2) is 38.3 Å². The van der Waals surface area contributed by atoms with Gasteiger partial charge in [0.05, 0.1) is 13.2 Å². The molecule has 1 amide bonds.